The lowest BCUT2D eigenvalue weighted by atomic mass is 10.2. The molecule has 0 atom stereocenters. The topological polar surface area (TPSA) is 56.0 Å². The Labute approximate surface area is 132 Å². The van der Waals surface area contributed by atoms with Gasteiger partial charge in [0.25, 0.3) is 5.69 Å². The van der Waals surface area contributed by atoms with Gasteiger partial charge < -0.3 is 0 Å². The quantitative estimate of drug-likeness (QED) is 0.445. The Morgan fingerprint density at radius 3 is 2.59 bits per heavy atom. The lowest BCUT2D eigenvalue weighted by molar-refractivity contribution is -0.385. The van der Waals surface area contributed by atoms with Crippen molar-refractivity contribution < 1.29 is 18.1 Å². The summed E-state index contributed by atoms with van der Waals surface area (Å²) in [6.45, 7) is 0. The van der Waals surface area contributed by atoms with Crippen molar-refractivity contribution in [2.45, 2.75) is 17.0 Å². The van der Waals surface area contributed by atoms with Gasteiger partial charge in [-0.05, 0) is 6.07 Å². The predicted octanol–water partition coefficient (Wildman–Crippen LogP) is 4.95. The summed E-state index contributed by atoms with van der Waals surface area (Å²) in [6, 6.07) is 6.90. The molecule has 0 aliphatic heterocycles. The first kappa shape index (κ1) is 16.6. The third kappa shape index (κ3) is 3.89. The smallest absolute Gasteiger partial charge is 0.258 e. The zero-order valence-corrected chi connectivity index (χ0v) is 12.4. The van der Waals surface area contributed by atoms with Crippen molar-refractivity contribution in [3.05, 3.63) is 62.8 Å². The molecule has 0 fully saturated rings. The largest absolute Gasteiger partial charge is 0.417 e. The third-order valence-corrected chi connectivity index (χ3v) is 4.14. The molecule has 0 N–H and O–H groups in total. The zero-order chi connectivity index (χ0) is 16.3. The van der Waals surface area contributed by atoms with Crippen molar-refractivity contribution in [2.75, 3.05) is 0 Å². The first-order chi connectivity index (χ1) is 10.3. The average Bonchev–Trinajstić information content (AvgIpc) is 2.45. The number of benzene rings is 1. The Kier molecular flexibility index (Phi) is 4.92. The molecule has 0 bridgehead atoms. The first-order valence-electron chi connectivity index (χ1n) is 5.87. The second kappa shape index (κ2) is 6.53. The summed E-state index contributed by atoms with van der Waals surface area (Å²) in [5.74, 6) is 0.176. The molecule has 9 heteroatoms. The standard InChI is InChI=1S/C13H8ClF3N2O2S/c14-10-5-9(13(15,16)17)6-18-12(10)22-7-8-3-1-2-4-11(8)19(20)21/h1-6H,7H2. The Morgan fingerprint density at radius 1 is 1.32 bits per heavy atom. The van der Waals surface area contributed by atoms with Crippen LogP contribution in [0.15, 0.2) is 41.6 Å². The molecule has 2 aromatic rings. The van der Waals surface area contributed by atoms with Crippen LogP contribution < -0.4 is 0 Å². The van der Waals surface area contributed by atoms with Crippen molar-refractivity contribution >= 4 is 29.1 Å². The maximum Gasteiger partial charge on any atom is 0.417 e. The summed E-state index contributed by atoms with van der Waals surface area (Å²) in [4.78, 5) is 14.0. The van der Waals surface area contributed by atoms with Gasteiger partial charge in [-0.1, -0.05) is 41.6 Å². The van der Waals surface area contributed by atoms with Gasteiger partial charge >= 0.3 is 6.18 Å². The van der Waals surface area contributed by atoms with Gasteiger partial charge in [-0.25, -0.2) is 4.98 Å². The Bertz CT molecular complexity index is 710. The van der Waals surface area contributed by atoms with Crippen molar-refractivity contribution in [3.8, 4) is 0 Å². The minimum absolute atomic E-state index is 0.0574. The Balaban J connectivity index is 2.18. The number of pyridine rings is 1. The normalized spacial score (nSPS) is 11.5. The zero-order valence-electron chi connectivity index (χ0n) is 10.8. The van der Waals surface area contributed by atoms with E-state index in [1.54, 1.807) is 12.1 Å². The minimum Gasteiger partial charge on any atom is -0.258 e. The molecule has 2 rings (SSSR count). The van der Waals surface area contributed by atoms with Gasteiger partial charge in [-0.3, -0.25) is 10.1 Å². The number of alkyl halides is 3. The number of hydrogen-bond donors (Lipinski definition) is 0. The van der Waals surface area contributed by atoms with Crippen LogP contribution in [0.5, 0.6) is 0 Å². The van der Waals surface area contributed by atoms with E-state index in [4.69, 9.17) is 11.6 Å². The molecule has 0 aliphatic rings. The van der Waals surface area contributed by atoms with Crippen LogP contribution in [0.2, 0.25) is 5.02 Å². The molecule has 0 saturated heterocycles. The Hall–Kier alpha value is -1.80. The van der Waals surface area contributed by atoms with Crippen LogP contribution in [0.25, 0.3) is 0 Å². The molecule has 0 spiro atoms. The fourth-order valence-corrected chi connectivity index (χ4v) is 2.83. The van der Waals surface area contributed by atoms with Crippen LogP contribution in [-0.4, -0.2) is 9.91 Å². The highest BCUT2D eigenvalue weighted by molar-refractivity contribution is 7.98. The lowest BCUT2D eigenvalue weighted by Gasteiger charge is -2.09. The molecular weight excluding hydrogens is 341 g/mol. The van der Waals surface area contributed by atoms with Gasteiger partial charge in [0.1, 0.15) is 5.03 Å². The molecule has 1 aromatic heterocycles. The van der Waals surface area contributed by atoms with Gasteiger partial charge in [0, 0.05) is 23.6 Å². The van der Waals surface area contributed by atoms with Gasteiger partial charge in [-0.15, -0.1) is 0 Å². The van der Waals surface area contributed by atoms with Gasteiger partial charge in [-0.2, -0.15) is 13.2 Å². The van der Waals surface area contributed by atoms with Crippen LogP contribution in [0.3, 0.4) is 0 Å². The minimum atomic E-state index is -4.52. The number of nitro groups is 1. The number of para-hydroxylation sites is 1. The summed E-state index contributed by atoms with van der Waals surface area (Å²) in [6.07, 6.45) is -3.83. The third-order valence-electron chi connectivity index (χ3n) is 2.69. The van der Waals surface area contributed by atoms with Crippen LogP contribution >= 0.6 is 23.4 Å². The fourth-order valence-electron chi connectivity index (χ4n) is 1.64. The van der Waals surface area contributed by atoms with Crippen molar-refractivity contribution in [1.82, 2.24) is 4.98 Å². The van der Waals surface area contributed by atoms with Crippen molar-refractivity contribution in [2.24, 2.45) is 0 Å². The van der Waals surface area contributed by atoms with E-state index in [-0.39, 0.29) is 21.5 Å². The molecule has 1 aromatic carbocycles. The summed E-state index contributed by atoms with van der Waals surface area (Å²) < 4.78 is 37.5. The summed E-state index contributed by atoms with van der Waals surface area (Å²) in [5, 5.41) is 10.9. The molecule has 0 unspecified atom stereocenters. The maximum absolute atomic E-state index is 12.5. The molecule has 116 valence electrons. The molecule has 22 heavy (non-hydrogen) atoms. The molecule has 0 radical (unpaired) electrons. The summed E-state index contributed by atoms with van der Waals surface area (Å²) >= 11 is 6.82. The number of hydrogen-bond acceptors (Lipinski definition) is 4. The summed E-state index contributed by atoms with van der Waals surface area (Å²) in [7, 11) is 0. The fraction of sp³-hybridized carbons (Fsp3) is 0.154. The molecule has 0 amide bonds. The molecule has 0 saturated carbocycles. The van der Waals surface area contributed by atoms with Gasteiger partial charge in [0.05, 0.1) is 15.5 Å². The van der Waals surface area contributed by atoms with Gasteiger partial charge in [0.15, 0.2) is 0 Å². The second-order valence-corrected chi connectivity index (χ2v) is 5.55. The number of rotatable bonds is 4. The van der Waals surface area contributed by atoms with E-state index in [9.17, 15) is 23.3 Å². The van der Waals surface area contributed by atoms with E-state index < -0.39 is 16.7 Å². The monoisotopic (exact) mass is 348 g/mol. The molecular formula is C13H8ClF3N2O2S. The van der Waals surface area contributed by atoms with E-state index in [1.165, 1.54) is 12.1 Å². The number of halogens is 4. The van der Waals surface area contributed by atoms with Crippen LogP contribution in [0.1, 0.15) is 11.1 Å². The molecule has 4 nitrogen and oxygen atoms in total. The SMILES string of the molecule is O=[N+]([O-])c1ccccc1CSc1ncc(C(F)(F)F)cc1Cl. The highest BCUT2D eigenvalue weighted by Gasteiger charge is 2.31. The van der Waals surface area contributed by atoms with Crippen LogP contribution in [-0.2, 0) is 11.9 Å². The van der Waals surface area contributed by atoms with E-state index >= 15 is 0 Å². The number of thioether (sulfide) groups is 1. The number of nitrogens with zero attached hydrogens (tertiary/aromatic N) is 2. The molecule has 1 heterocycles. The van der Waals surface area contributed by atoms with E-state index in [1.807, 2.05) is 0 Å². The van der Waals surface area contributed by atoms with E-state index in [0.717, 1.165) is 17.8 Å². The van der Waals surface area contributed by atoms with Crippen LogP contribution in [0, 0.1) is 10.1 Å². The predicted molar refractivity (Wildman–Crippen MR) is 76.9 cm³/mol. The van der Waals surface area contributed by atoms with Gasteiger partial charge in [0.2, 0.25) is 0 Å². The number of nitro benzene ring substituents is 1. The lowest BCUT2D eigenvalue weighted by Crippen LogP contribution is -2.05. The van der Waals surface area contributed by atoms with E-state index in [2.05, 4.69) is 4.98 Å². The second-order valence-electron chi connectivity index (χ2n) is 4.18. The average molecular weight is 349 g/mol. The maximum atomic E-state index is 12.5. The van der Waals surface area contributed by atoms with Crippen molar-refractivity contribution in [1.29, 1.82) is 0 Å². The van der Waals surface area contributed by atoms with Crippen LogP contribution in [0.4, 0.5) is 18.9 Å². The highest BCUT2D eigenvalue weighted by Crippen LogP contribution is 2.35. The highest BCUT2D eigenvalue weighted by atomic mass is 35.5. The van der Waals surface area contributed by atoms with Crippen molar-refractivity contribution in [3.63, 3.8) is 0 Å². The van der Waals surface area contributed by atoms with E-state index in [0.29, 0.717) is 11.8 Å². The first-order valence-corrected chi connectivity index (χ1v) is 7.23. The molecule has 0 aliphatic carbocycles. The number of aromatic nitrogens is 1. The Morgan fingerprint density at radius 2 is 2.00 bits per heavy atom. The summed E-state index contributed by atoms with van der Waals surface area (Å²) in [5.41, 5.74) is -0.555.